The Morgan fingerprint density at radius 2 is 1.81 bits per heavy atom. The minimum Gasteiger partial charge on any atom is -0.370 e. The summed E-state index contributed by atoms with van der Waals surface area (Å²) in [6.45, 7) is 1.09. The second-order valence-electron chi connectivity index (χ2n) is 6.41. The van der Waals surface area contributed by atoms with Crippen molar-refractivity contribution >= 4 is 40.8 Å². The Bertz CT molecular complexity index is 868. The third-order valence-corrected chi connectivity index (χ3v) is 5.34. The molecule has 1 N–H and O–H groups in total. The van der Waals surface area contributed by atoms with Crippen molar-refractivity contribution in [3.63, 3.8) is 0 Å². The lowest BCUT2D eigenvalue weighted by molar-refractivity contribution is 0.0649. The number of rotatable bonds is 3. The van der Waals surface area contributed by atoms with Gasteiger partial charge in [-0.15, -0.1) is 0 Å². The van der Waals surface area contributed by atoms with E-state index in [1.165, 1.54) is 4.90 Å². The van der Waals surface area contributed by atoms with Crippen LogP contribution in [0.15, 0.2) is 24.3 Å². The molecule has 3 heterocycles. The van der Waals surface area contributed by atoms with Gasteiger partial charge in [0.15, 0.2) is 0 Å². The number of halogens is 2. The Balaban J connectivity index is 1.56. The van der Waals surface area contributed by atoms with Crippen molar-refractivity contribution in [3.8, 4) is 0 Å². The van der Waals surface area contributed by atoms with Crippen molar-refractivity contribution in [2.24, 2.45) is 0 Å². The maximum atomic E-state index is 12.5. The van der Waals surface area contributed by atoms with E-state index < -0.39 is 0 Å². The summed E-state index contributed by atoms with van der Waals surface area (Å²) >= 11 is 12.2. The predicted octanol–water partition coefficient (Wildman–Crippen LogP) is 3.76. The first-order chi connectivity index (χ1) is 12.6. The van der Waals surface area contributed by atoms with E-state index in [2.05, 4.69) is 15.3 Å². The van der Waals surface area contributed by atoms with Gasteiger partial charge in [0.25, 0.3) is 11.8 Å². The fourth-order valence-electron chi connectivity index (χ4n) is 3.63. The molecule has 0 spiro atoms. The van der Waals surface area contributed by atoms with Crippen molar-refractivity contribution < 1.29 is 9.59 Å². The predicted molar refractivity (Wildman–Crippen MR) is 98.9 cm³/mol. The molecule has 26 heavy (non-hydrogen) atoms. The normalized spacial score (nSPS) is 19.0. The fraction of sp³-hybridized carbons (Fsp3) is 0.333. The zero-order valence-corrected chi connectivity index (χ0v) is 15.3. The standard InChI is InChI=1S/C18H16Cl2N4O2/c19-14-13-10(4-3-8-21-15(13)23-18(20)22-14)7-9-24-16(25)11-5-1-2-6-12(11)17(24)26/h1-2,5-6,10H,3-4,7-9H2,(H,21,22,23). The highest BCUT2D eigenvalue weighted by Crippen LogP contribution is 2.38. The van der Waals surface area contributed by atoms with Crippen LogP contribution in [0.3, 0.4) is 0 Å². The van der Waals surface area contributed by atoms with Crippen LogP contribution in [0.1, 0.15) is 51.5 Å². The van der Waals surface area contributed by atoms with Crippen LogP contribution in [-0.2, 0) is 0 Å². The molecule has 2 aliphatic heterocycles. The van der Waals surface area contributed by atoms with Gasteiger partial charge in [-0.2, -0.15) is 0 Å². The van der Waals surface area contributed by atoms with Crippen LogP contribution in [0.25, 0.3) is 0 Å². The van der Waals surface area contributed by atoms with Gasteiger partial charge >= 0.3 is 0 Å². The van der Waals surface area contributed by atoms with Crippen molar-refractivity contribution in [3.05, 3.63) is 51.4 Å². The van der Waals surface area contributed by atoms with Gasteiger partial charge in [-0.25, -0.2) is 9.97 Å². The zero-order valence-electron chi connectivity index (χ0n) is 13.8. The minimum atomic E-state index is -0.240. The van der Waals surface area contributed by atoms with E-state index in [1.807, 2.05) is 0 Å². The molecule has 2 aliphatic rings. The third kappa shape index (κ3) is 2.93. The average Bonchev–Trinajstić information content (AvgIpc) is 2.76. The quantitative estimate of drug-likeness (QED) is 0.490. The molecule has 2 amide bonds. The topological polar surface area (TPSA) is 75.2 Å². The number of carbonyl (C=O) groups excluding carboxylic acids is 2. The van der Waals surface area contributed by atoms with E-state index in [4.69, 9.17) is 23.2 Å². The number of nitrogens with one attached hydrogen (secondary N) is 1. The number of benzene rings is 1. The summed E-state index contributed by atoms with van der Waals surface area (Å²) in [5.41, 5.74) is 1.74. The maximum absolute atomic E-state index is 12.5. The molecule has 0 saturated carbocycles. The number of anilines is 1. The zero-order chi connectivity index (χ0) is 18.3. The Kier molecular flexibility index (Phi) is 4.54. The van der Waals surface area contributed by atoms with Crippen molar-refractivity contribution in [1.82, 2.24) is 14.9 Å². The highest BCUT2D eigenvalue weighted by atomic mass is 35.5. The number of aromatic nitrogens is 2. The monoisotopic (exact) mass is 390 g/mol. The van der Waals surface area contributed by atoms with Crippen LogP contribution in [-0.4, -0.2) is 39.8 Å². The molecule has 6 nitrogen and oxygen atoms in total. The van der Waals surface area contributed by atoms with E-state index in [-0.39, 0.29) is 23.0 Å². The lowest BCUT2D eigenvalue weighted by Crippen LogP contribution is -2.31. The Labute approximate surface area is 160 Å². The fourth-order valence-corrected chi connectivity index (χ4v) is 4.16. The molecule has 0 aliphatic carbocycles. The summed E-state index contributed by atoms with van der Waals surface area (Å²) in [5.74, 6) is 0.209. The SMILES string of the molecule is O=C1c2ccccc2C(=O)N1CCC1CCCNc2nc(Cl)nc(Cl)c21. The van der Waals surface area contributed by atoms with Gasteiger partial charge in [-0.1, -0.05) is 23.7 Å². The van der Waals surface area contributed by atoms with Gasteiger partial charge in [0, 0.05) is 18.7 Å². The Hall–Kier alpha value is -2.18. The van der Waals surface area contributed by atoms with Gasteiger partial charge in [0.2, 0.25) is 5.28 Å². The summed E-state index contributed by atoms with van der Waals surface area (Å²) in [5, 5.41) is 3.65. The summed E-state index contributed by atoms with van der Waals surface area (Å²) in [6, 6.07) is 6.91. The number of imide groups is 1. The second-order valence-corrected chi connectivity index (χ2v) is 7.10. The maximum Gasteiger partial charge on any atom is 0.261 e. The summed E-state index contributed by atoms with van der Waals surface area (Å²) in [7, 11) is 0. The highest BCUT2D eigenvalue weighted by Gasteiger charge is 2.35. The van der Waals surface area contributed by atoms with Crippen molar-refractivity contribution in [2.75, 3.05) is 18.4 Å². The van der Waals surface area contributed by atoms with Crippen LogP contribution in [0.5, 0.6) is 0 Å². The van der Waals surface area contributed by atoms with Crippen molar-refractivity contribution in [2.45, 2.75) is 25.2 Å². The molecule has 0 bridgehead atoms. The number of hydrogen-bond donors (Lipinski definition) is 1. The third-order valence-electron chi connectivity index (χ3n) is 4.88. The van der Waals surface area contributed by atoms with Gasteiger partial charge in [-0.05, 0) is 48.9 Å². The summed E-state index contributed by atoms with van der Waals surface area (Å²) in [4.78, 5) is 34.7. The van der Waals surface area contributed by atoms with Crippen LogP contribution in [0.2, 0.25) is 10.4 Å². The molecule has 8 heteroatoms. The summed E-state index contributed by atoms with van der Waals surface area (Å²) in [6.07, 6.45) is 2.40. The lowest BCUT2D eigenvalue weighted by atomic mass is 9.93. The van der Waals surface area contributed by atoms with E-state index in [0.717, 1.165) is 24.9 Å². The molecular weight excluding hydrogens is 375 g/mol. The summed E-state index contributed by atoms with van der Waals surface area (Å²) < 4.78 is 0. The molecule has 134 valence electrons. The number of amides is 2. The van der Waals surface area contributed by atoms with Crippen LogP contribution in [0.4, 0.5) is 5.82 Å². The molecule has 0 fully saturated rings. The smallest absolute Gasteiger partial charge is 0.261 e. The van der Waals surface area contributed by atoms with Gasteiger partial charge < -0.3 is 5.32 Å². The first-order valence-electron chi connectivity index (χ1n) is 8.48. The number of fused-ring (bicyclic) bond motifs is 2. The minimum absolute atomic E-state index is 0.0501. The molecule has 1 atom stereocenters. The Morgan fingerprint density at radius 1 is 1.12 bits per heavy atom. The van der Waals surface area contributed by atoms with Crippen LogP contribution >= 0.6 is 23.2 Å². The first kappa shape index (κ1) is 17.2. The number of hydrogen-bond acceptors (Lipinski definition) is 5. The molecule has 4 rings (SSSR count). The van der Waals surface area contributed by atoms with E-state index >= 15 is 0 Å². The van der Waals surface area contributed by atoms with E-state index in [1.54, 1.807) is 24.3 Å². The van der Waals surface area contributed by atoms with E-state index in [0.29, 0.717) is 35.1 Å². The average molecular weight is 391 g/mol. The van der Waals surface area contributed by atoms with Crippen molar-refractivity contribution in [1.29, 1.82) is 0 Å². The molecule has 0 radical (unpaired) electrons. The molecule has 2 aromatic rings. The van der Waals surface area contributed by atoms with Crippen LogP contribution < -0.4 is 5.32 Å². The lowest BCUT2D eigenvalue weighted by Gasteiger charge is -2.21. The number of carbonyl (C=O) groups is 2. The second kappa shape index (κ2) is 6.85. The molecule has 0 saturated heterocycles. The highest BCUT2D eigenvalue weighted by molar-refractivity contribution is 6.32. The number of nitrogens with zero attached hydrogens (tertiary/aromatic N) is 3. The van der Waals surface area contributed by atoms with Crippen LogP contribution in [0, 0.1) is 0 Å². The molecule has 1 aromatic heterocycles. The van der Waals surface area contributed by atoms with Gasteiger partial charge in [0.05, 0.1) is 11.1 Å². The first-order valence-corrected chi connectivity index (χ1v) is 9.24. The molecule has 1 unspecified atom stereocenters. The van der Waals surface area contributed by atoms with Gasteiger partial charge in [0.1, 0.15) is 11.0 Å². The molecule has 1 aromatic carbocycles. The van der Waals surface area contributed by atoms with E-state index in [9.17, 15) is 9.59 Å². The largest absolute Gasteiger partial charge is 0.370 e. The molecular formula is C18H16Cl2N4O2. The Morgan fingerprint density at radius 3 is 2.50 bits per heavy atom. The van der Waals surface area contributed by atoms with Gasteiger partial charge in [-0.3, -0.25) is 14.5 Å².